The summed E-state index contributed by atoms with van der Waals surface area (Å²) in [5.74, 6) is -2.52. The molecule has 0 aliphatic rings. The van der Waals surface area contributed by atoms with Crippen molar-refractivity contribution in [3.05, 3.63) is 28.7 Å². The molecule has 0 fully saturated rings. The zero-order valence-corrected chi connectivity index (χ0v) is 16.0. The van der Waals surface area contributed by atoms with E-state index >= 15 is 0 Å². The number of rotatable bonds is 6. The predicted octanol–water partition coefficient (Wildman–Crippen LogP) is 2.24. The largest absolute Gasteiger partial charge is 0.479 e. The number of halogens is 2. The van der Waals surface area contributed by atoms with Gasteiger partial charge < -0.3 is 20.2 Å². The van der Waals surface area contributed by atoms with Crippen LogP contribution in [0, 0.1) is 5.41 Å². The lowest BCUT2D eigenvalue weighted by molar-refractivity contribution is -0.194. The number of aliphatic carboxylic acids is 1. The first kappa shape index (κ1) is 20.9. The second-order valence-corrected chi connectivity index (χ2v) is 7.67. The van der Waals surface area contributed by atoms with Crippen molar-refractivity contribution in [3.8, 4) is 0 Å². The molecule has 1 rings (SSSR count). The minimum atomic E-state index is -2.65. The maximum atomic E-state index is 12.7. The van der Waals surface area contributed by atoms with E-state index < -0.39 is 29.0 Å². The van der Waals surface area contributed by atoms with Crippen molar-refractivity contribution >= 4 is 45.1 Å². The summed E-state index contributed by atoms with van der Waals surface area (Å²) in [6.07, 6.45) is -2.15. The van der Waals surface area contributed by atoms with Crippen LogP contribution in [0.5, 0.6) is 0 Å². The molecular formula is C16H21BrClNO5. The molecule has 1 aromatic rings. The number of anilines is 1. The van der Waals surface area contributed by atoms with E-state index in [1.807, 2.05) is 0 Å². The number of aliphatic hydroxyl groups excluding tert-OH is 1. The van der Waals surface area contributed by atoms with Crippen LogP contribution in [0.1, 0.15) is 20.8 Å². The highest BCUT2D eigenvalue weighted by molar-refractivity contribution is 9.10. The summed E-state index contributed by atoms with van der Waals surface area (Å²) in [7, 11) is 0. The van der Waals surface area contributed by atoms with Gasteiger partial charge in [-0.15, -0.1) is 11.6 Å². The first-order chi connectivity index (χ1) is 11.0. The third-order valence-electron chi connectivity index (χ3n) is 3.81. The van der Waals surface area contributed by atoms with Crippen LogP contribution in [0.4, 0.5) is 5.69 Å². The number of hydrogen-bond donors (Lipinski definition) is 3. The Morgan fingerprint density at radius 1 is 1.25 bits per heavy atom. The van der Waals surface area contributed by atoms with Gasteiger partial charge in [0.15, 0.2) is 6.10 Å². The number of aliphatic hydroxyl groups is 2. The number of carboxylic acid groups (broad SMARTS) is 1. The number of carboxylic acids is 1. The lowest BCUT2D eigenvalue weighted by Gasteiger charge is -2.40. The maximum Gasteiger partial charge on any atom is 0.339 e. The van der Waals surface area contributed by atoms with Crippen LogP contribution >= 0.6 is 27.5 Å². The molecule has 0 spiro atoms. The monoisotopic (exact) mass is 421 g/mol. The number of benzene rings is 1. The molecule has 8 heteroatoms. The highest BCUT2D eigenvalue weighted by atomic mass is 79.9. The molecule has 2 atom stereocenters. The average Bonchev–Trinajstić information content (AvgIpc) is 2.50. The second kappa shape index (κ2) is 7.82. The van der Waals surface area contributed by atoms with Gasteiger partial charge in [0, 0.05) is 28.0 Å². The number of alkyl halides is 1. The first-order valence-corrected chi connectivity index (χ1v) is 8.56. The number of carbonyl (C=O) groups is 2. The molecule has 0 bridgehead atoms. The first-order valence-electron chi connectivity index (χ1n) is 7.23. The number of hydrogen-bond acceptors (Lipinski definition) is 4. The van der Waals surface area contributed by atoms with Gasteiger partial charge in [-0.3, -0.25) is 4.79 Å². The fraction of sp³-hybridized carbons (Fsp3) is 0.500. The third kappa shape index (κ3) is 4.08. The molecule has 1 amide bonds. The van der Waals surface area contributed by atoms with Gasteiger partial charge >= 0.3 is 5.97 Å². The molecule has 0 heterocycles. The van der Waals surface area contributed by atoms with Crippen LogP contribution in [-0.4, -0.2) is 51.3 Å². The molecule has 0 aliphatic carbocycles. The normalized spacial score (nSPS) is 15.5. The lowest BCUT2D eigenvalue weighted by atomic mass is 9.72. The van der Waals surface area contributed by atoms with Crippen molar-refractivity contribution in [3.63, 3.8) is 0 Å². The summed E-state index contributed by atoms with van der Waals surface area (Å²) in [6.45, 7) is 4.36. The summed E-state index contributed by atoms with van der Waals surface area (Å²) in [5.41, 5.74) is -3.49. The number of nitrogens with zero attached hydrogens (tertiary/aromatic N) is 1. The maximum absolute atomic E-state index is 12.7. The van der Waals surface area contributed by atoms with Crippen molar-refractivity contribution in [2.75, 3.05) is 17.3 Å². The summed E-state index contributed by atoms with van der Waals surface area (Å²) in [4.78, 5) is 25.4. The van der Waals surface area contributed by atoms with Crippen molar-refractivity contribution in [1.82, 2.24) is 0 Å². The summed E-state index contributed by atoms with van der Waals surface area (Å²) < 4.78 is 0.793. The van der Waals surface area contributed by atoms with E-state index in [1.54, 1.807) is 24.3 Å². The zero-order chi connectivity index (χ0) is 18.7. The van der Waals surface area contributed by atoms with Crippen molar-refractivity contribution < 1.29 is 24.9 Å². The van der Waals surface area contributed by atoms with E-state index in [9.17, 15) is 24.9 Å². The number of carbonyl (C=O) groups excluding carboxylic acids is 1. The van der Waals surface area contributed by atoms with Gasteiger partial charge in [-0.2, -0.15) is 0 Å². The van der Waals surface area contributed by atoms with Gasteiger partial charge in [-0.05, 0) is 24.3 Å². The van der Waals surface area contributed by atoms with Gasteiger partial charge in [0.1, 0.15) is 0 Å². The quantitative estimate of drug-likeness (QED) is 0.611. The smallest absolute Gasteiger partial charge is 0.339 e. The fourth-order valence-electron chi connectivity index (χ4n) is 2.25. The van der Waals surface area contributed by atoms with E-state index in [-0.39, 0.29) is 12.4 Å². The topological polar surface area (TPSA) is 98.1 Å². The Hall–Kier alpha value is -1.15. The Kier molecular flexibility index (Phi) is 6.81. The average molecular weight is 423 g/mol. The molecule has 3 N–H and O–H groups in total. The van der Waals surface area contributed by atoms with Crippen molar-refractivity contribution in [2.45, 2.75) is 32.5 Å². The standard InChI is InChI=1S/C16H21BrClNO5/c1-15(2,3)16(24,14(22)23)12(20)13(21)19(9-8-18)11-6-4-10(17)5-7-11/h4-7,12,20,24H,8-9H2,1-3H3,(H,22,23)/t12-,16+/m0/s1. The highest BCUT2D eigenvalue weighted by Gasteiger charge is 2.56. The van der Waals surface area contributed by atoms with E-state index in [1.165, 1.54) is 20.8 Å². The molecular weight excluding hydrogens is 402 g/mol. The van der Waals surface area contributed by atoms with E-state index in [0.29, 0.717) is 5.69 Å². The zero-order valence-electron chi connectivity index (χ0n) is 13.7. The predicted molar refractivity (Wildman–Crippen MR) is 95.3 cm³/mol. The van der Waals surface area contributed by atoms with Crippen molar-refractivity contribution in [1.29, 1.82) is 0 Å². The van der Waals surface area contributed by atoms with E-state index in [4.69, 9.17) is 11.6 Å². The number of amides is 1. The summed E-state index contributed by atoms with van der Waals surface area (Å²) in [6, 6.07) is 6.64. The van der Waals surface area contributed by atoms with Crippen LogP contribution in [-0.2, 0) is 9.59 Å². The third-order valence-corrected chi connectivity index (χ3v) is 4.51. The van der Waals surface area contributed by atoms with Crippen LogP contribution in [0.3, 0.4) is 0 Å². The molecule has 134 valence electrons. The minimum absolute atomic E-state index is 0.0545. The Labute approximate surface area is 154 Å². The fourth-order valence-corrected chi connectivity index (χ4v) is 2.68. The van der Waals surface area contributed by atoms with Gasteiger partial charge in [0.25, 0.3) is 5.91 Å². The summed E-state index contributed by atoms with van der Waals surface area (Å²) in [5, 5.41) is 30.3. The van der Waals surface area contributed by atoms with Crippen LogP contribution in [0.2, 0.25) is 0 Å². The molecule has 1 aromatic carbocycles. The van der Waals surface area contributed by atoms with Gasteiger partial charge in [0.2, 0.25) is 5.60 Å². The molecule has 0 radical (unpaired) electrons. The molecule has 24 heavy (non-hydrogen) atoms. The minimum Gasteiger partial charge on any atom is -0.479 e. The van der Waals surface area contributed by atoms with Gasteiger partial charge in [-0.25, -0.2) is 4.79 Å². The van der Waals surface area contributed by atoms with Crippen molar-refractivity contribution in [2.24, 2.45) is 5.41 Å². The lowest BCUT2D eigenvalue weighted by Crippen LogP contribution is -2.63. The Morgan fingerprint density at radius 3 is 2.12 bits per heavy atom. The van der Waals surface area contributed by atoms with Gasteiger partial charge in [0.05, 0.1) is 0 Å². The Balaban J connectivity index is 3.27. The van der Waals surface area contributed by atoms with Crippen LogP contribution in [0.15, 0.2) is 28.7 Å². The van der Waals surface area contributed by atoms with Crippen LogP contribution < -0.4 is 4.90 Å². The van der Waals surface area contributed by atoms with Gasteiger partial charge in [-0.1, -0.05) is 36.7 Å². The van der Waals surface area contributed by atoms with Crippen LogP contribution in [0.25, 0.3) is 0 Å². The summed E-state index contributed by atoms with van der Waals surface area (Å²) >= 11 is 9.01. The second-order valence-electron chi connectivity index (χ2n) is 6.38. The van der Waals surface area contributed by atoms with E-state index in [2.05, 4.69) is 15.9 Å². The molecule has 6 nitrogen and oxygen atoms in total. The molecule has 0 aliphatic heterocycles. The van der Waals surface area contributed by atoms with E-state index in [0.717, 1.165) is 9.37 Å². The molecule has 0 unspecified atom stereocenters. The Bertz CT molecular complexity index is 601. The highest BCUT2D eigenvalue weighted by Crippen LogP contribution is 2.35. The SMILES string of the molecule is CC(C)(C)[C@](O)(C(=O)O)[C@@H](O)C(=O)N(CCCl)c1ccc(Br)cc1. The Morgan fingerprint density at radius 2 is 1.75 bits per heavy atom. The molecule has 0 aromatic heterocycles. The molecule has 0 saturated heterocycles. The molecule has 0 saturated carbocycles.